The molecule has 1 aromatic carbocycles. The van der Waals surface area contributed by atoms with Crippen LogP contribution in [0.5, 0.6) is 0 Å². The number of nitrogens with one attached hydrogen (secondary N) is 1. The van der Waals surface area contributed by atoms with Crippen LogP contribution in [0.1, 0.15) is 24.8 Å². The first-order chi connectivity index (χ1) is 13.2. The number of imidazole rings is 1. The van der Waals surface area contributed by atoms with Crippen LogP contribution < -0.4 is 10.2 Å². The Morgan fingerprint density at radius 3 is 2.85 bits per heavy atom. The van der Waals surface area contributed by atoms with Crippen LogP contribution in [0.15, 0.2) is 24.3 Å². The van der Waals surface area contributed by atoms with Gasteiger partial charge in [-0.05, 0) is 32.3 Å². The van der Waals surface area contributed by atoms with Gasteiger partial charge in [0.25, 0.3) is 5.91 Å². The highest BCUT2D eigenvalue weighted by atomic mass is 32.1. The van der Waals surface area contributed by atoms with Gasteiger partial charge in [-0.25, -0.2) is 4.98 Å². The maximum atomic E-state index is 12.2. The lowest BCUT2D eigenvalue weighted by atomic mass is 10.1. The fraction of sp³-hybridized carbons (Fsp3) is 0.421. The molecular weight excluding hydrogens is 362 g/mol. The Morgan fingerprint density at radius 2 is 2.11 bits per heavy atom. The highest BCUT2D eigenvalue weighted by Crippen LogP contribution is 2.34. The van der Waals surface area contributed by atoms with Crippen molar-refractivity contribution in [1.29, 1.82) is 0 Å². The van der Waals surface area contributed by atoms with Gasteiger partial charge >= 0.3 is 0 Å². The van der Waals surface area contributed by atoms with Crippen molar-refractivity contribution in [3.63, 3.8) is 0 Å². The van der Waals surface area contributed by atoms with Crippen LogP contribution in [0.3, 0.4) is 0 Å². The predicted molar refractivity (Wildman–Crippen MR) is 108 cm³/mol. The first-order valence-corrected chi connectivity index (χ1v) is 9.97. The number of fused-ring (bicyclic) bond motifs is 1. The monoisotopic (exact) mass is 385 g/mol. The molecule has 0 saturated carbocycles. The van der Waals surface area contributed by atoms with Crippen molar-refractivity contribution in [3.8, 4) is 11.3 Å². The number of aryl methyl sites for hydroxylation is 1. The molecular formula is C19H23N5O2S. The topological polar surface area (TPSA) is 71.8 Å². The molecule has 0 unspecified atom stereocenters. The molecule has 3 heterocycles. The van der Waals surface area contributed by atoms with Crippen molar-refractivity contribution in [2.24, 2.45) is 0 Å². The van der Waals surface area contributed by atoms with Gasteiger partial charge in [-0.3, -0.25) is 4.79 Å². The molecule has 3 aromatic rings. The van der Waals surface area contributed by atoms with Crippen molar-refractivity contribution < 1.29 is 9.53 Å². The fourth-order valence-electron chi connectivity index (χ4n) is 3.36. The van der Waals surface area contributed by atoms with E-state index in [1.54, 1.807) is 15.9 Å². The highest BCUT2D eigenvalue weighted by molar-refractivity contribution is 7.20. The average Bonchev–Trinajstić information content (AvgIpc) is 3.22. The summed E-state index contributed by atoms with van der Waals surface area (Å²) < 4.78 is 6.71. The molecule has 8 heteroatoms. The molecule has 142 valence electrons. The van der Waals surface area contributed by atoms with Crippen molar-refractivity contribution in [3.05, 3.63) is 29.8 Å². The van der Waals surface area contributed by atoms with Gasteiger partial charge in [-0.2, -0.15) is 4.52 Å². The second kappa shape index (κ2) is 7.66. The van der Waals surface area contributed by atoms with E-state index in [9.17, 15) is 4.79 Å². The summed E-state index contributed by atoms with van der Waals surface area (Å²) >= 11 is 1.56. The van der Waals surface area contributed by atoms with E-state index in [4.69, 9.17) is 14.8 Å². The number of hydrogen-bond donors (Lipinski definition) is 1. The van der Waals surface area contributed by atoms with Crippen molar-refractivity contribution in [2.75, 3.05) is 37.0 Å². The number of piperidine rings is 1. The molecule has 27 heavy (non-hydrogen) atoms. The van der Waals surface area contributed by atoms with Gasteiger partial charge in [-0.15, -0.1) is 5.10 Å². The maximum Gasteiger partial charge on any atom is 0.251 e. The van der Waals surface area contributed by atoms with Crippen LogP contribution >= 0.6 is 11.3 Å². The zero-order valence-corrected chi connectivity index (χ0v) is 16.4. The summed E-state index contributed by atoms with van der Waals surface area (Å²) in [6, 6.07) is 8.09. The van der Waals surface area contributed by atoms with E-state index in [2.05, 4.69) is 16.3 Å². The molecule has 7 nitrogen and oxygen atoms in total. The summed E-state index contributed by atoms with van der Waals surface area (Å²) in [7, 11) is 1.50. The number of amides is 1. The number of hydrogen-bond acceptors (Lipinski definition) is 6. The normalized spacial score (nSPS) is 14.7. The largest absolute Gasteiger partial charge is 0.375 e. The second-order valence-electron chi connectivity index (χ2n) is 6.79. The van der Waals surface area contributed by atoms with E-state index in [-0.39, 0.29) is 12.5 Å². The van der Waals surface area contributed by atoms with Crippen LogP contribution in [0.25, 0.3) is 16.2 Å². The molecule has 0 radical (unpaired) electrons. The van der Waals surface area contributed by atoms with Crippen molar-refractivity contribution in [2.45, 2.75) is 26.2 Å². The lowest BCUT2D eigenvalue weighted by molar-refractivity contribution is -0.119. The van der Waals surface area contributed by atoms with Crippen molar-refractivity contribution in [1.82, 2.24) is 14.6 Å². The van der Waals surface area contributed by atoms with Gasteiger partial charge in [0.05, 0.1) is 0 Å². The Bertz CT molecular complexity index is 958. The van der Waals surface area contributed by atoms with Crippen molar-refractivity contribution >= 4 is 33.2 Å². The zero-order valence-electron chi connectivity index (χ0n) is 15.6. The molecule has 1 amide bonds. The molecule has 1 aliphatic heterocycles. The zero-order chi connectivity index (χ0) is 18.8. The second-order valence-corrected chi connectivity index (χ2v) is 7.72. The molecule has 0 atom stereocenters. The smallest absolute Gasteiger partial charge is 0.251 e. The first kappa shape index (κ1) is 17.9. The van der Waals surface area contributed by atoms with E-state index in [0.29, 0.717) is 5.82 Å². The van der Waals surface area contributed by atoms with E-state index in [0.717, 1.165) is 40.0 Å². The Morgan fingerprint density at radius 1 is 1.30 bits per heavy atom. The number of carbonyl (C=O) groups excluding carboxylic acids is 1. The standard InChI is InChI=1S/C19H23N5O2S/c1-13-7-6-8-14(11-13)16-17(20-15(25)12-26-2)24-18(21-16)27-19(22-24)23-9-4-3-5-10-23/h6-8,11H,3-5,9-10,12H2,1-2H3,(H,20,25). The number of benzene rings is 1. The summed E-state index contributed by atoms with van der Waals surface area (Å²) in [5, 5.41) is 8.65. The lowest BCUT2D eigenvalue weighted by Gasteiger charge is -2.25. The number of aromatic nitrogens is 3. The summed E-state index contributed by atoms with van der Waals surface area (Å²) in [6.45, 7) is 4.07. The summed E-state index contributed by atoms with van der Waals surface area (Å²) in [4.78, 5) is 20.1. The molecule has 0 bridgehead atoms. The number of carbonyl (C=O) groups is 1. The van der Waals surface area contributed by atoms with E-state index in [1.807, 2.05) is 25.1 Å². The maximum absolute atomic E-state index is 12.2. The third-order valence-electron chi connectivity index (χ3n) is 4.64. The van der Waals surface area contributed by atoms with Crippen LogP contribution in [-0.2, 0) is 9.53 Å². The minimum absolute atomic E-state index is 0.0103. The Hall–Kier alpha value is -2.45. The summed E-state index contributed by atoms with van der Waals surface area (Å²) in [5.41, 5.74) is 2.83. The molecule has 1 fully saturated rings. The number of ether oxygens (including phenoxy) is 1. The van der Waals surface area contributed by atoms with Gasteiger partial charge in [0.2, 0.25) is 10.1 Å². The Balaban J connectivity index is 1.77. The minimum atomic E-state index is -0.222. The van der Waals surface area contributed by atoms with E-state index < -0.39 is 0 Å². The Kier molecular flexibility index (Phi) is 5.09. The third kappa shape index (κ3) is 3.68. The highest BCUT2D eigenvalue weighted by Gasteiger charge is 2.22. The number of methoxy groups -OCH3 is 1. The molecule has 1 aliphatic rings. The number of rotatable bonds is 5. The predicted octanol–water partition coefficient (Wildman–Crippen LogP) is 3.34. The summed E-state index contributed by atoms with van der Waals surface area (Å²) in [6.07, 6.45) is 3.65. The van der Waals surface area contributed by atoms with E-state index in [1.165, 1.54) is 26.4 Å². The van der Waals surface area contributed by atoms with Crippen LogP contribution in [0.2, 0.25) is 0 Å². The Labute approximate surface area is 162 Å². The van der Waals surface area contributed by atoms with Gasteiger partial charge in [0.15, 0.2) is 5.82 Å². The molecule has 2 aromatic heterocycles. The minimum Gasteiger partial charge on any atom is -0.375 e. The van der Waals surface area contributed by atoms with Gasteiger partial charge in [0.1, 0.15) is 12.3 Å². The van der Waals surface area contributed by atoms with E-state index >= 15 is 0 Å². The summed E-state index contributed by atoms with van der Waals surface area (Å²) in [5.74, 6) is 0.373. The van der Waals surface area contributed by atoms with Gasteiger partial charge in [0, 0.05) is 25.8 Å². The quantitative estimate of drug-likeness (QED) is 0.729. The lowest BCUT2D eigenvalue weighted by Crippen LogP contribution is -2.29. The SMILES string of the molecule is COCC(=O)Nc1c(-c2cccc(C)c2)nc2sc(N3CCCCC3)nn12. The van der Waals surface area contributed by atoms with Crippen LogP contribution in [0, 0.1) is 6.92 Å². The van der Waals surface area contributed by atoms with Crippen LogP contribution in [0.4, 0.5) is 10.9 Å². The van der Waals surface area contributed by atoms with Gasteiger partial charge in [-0.1, -0.05) is 35.1 Å². The fourth-order valence-corrected chi connectivity index (χ4v) is 4.31. The molecule has 1 N–H and O–H groups in total. The van der Waals surface area contributed by atoms with Crippen LogP contribution in [-0.4, -0.2) is 47.3 Å². The average molecular weight is 385 g/mol. The number of nitrogens with zero attached hydrogens (tertiary/aromatic N) is 4. The molecule has 0 spiro atoms. The molecule has 0 aliphatic carbocycles. The molecule has 1 saturated heterocycles. The first-order valence-electron chi connectivity index (χ1n) is 9.16. The van der Waals surface area contributed by atoms with Gasteiger partial charge < -0.3 is 15.0 Å². The molecule has 4 rings (SSSR count). The number of anilines is 2. The third-order valence-corrected chi connectivity index (χ3v) is 5.61.